The molecule has 0 aliphatic heterocycles. The fraction of sp³-hybridized carbons (Fsp3) is 0.391. The minimum Gasteiger partial charge on any atom is -0.256 e. The van der Waals surface area contributed by atoms with E-state index < -0.39 is 0 Å². The molecule has 3 heterocycles. The largest absolute Gasteiger partial charge is 0.256 e. The van der Waals surface area contributed by atoms with E-state index in [1.165, 1.54) is 0 Å². The molecule has 31 heavy (non-hydrogen) atoms. The number of nitrogens with zero attached hydrogens (tertiary/aromatic N) is 7. The van der Waals surface area contributed by atoms with Crippen LogP contribution >= 0.6 is 0 Å². The van der Waals surface area contributed by atoms with Gasteiger partial charge in [0.05, 0.1) is 12.2 Å². The van der Waals surface area contributed by atoms with Crippen molar-refractivity contribution in [3.05, 3.63) is 59.8 Å². The van der Waals surface area contributed by atoms with Crippen molar-refractivity contribution in [3.8, 4) is 22.6 Å². The van der Waals surface area contributed by atoms with Crippen LogP contribution in [0, 0.1) is 0 Å². The summed E-state index contributed by atoms with van der Waals surface area (Å²) in [6, 6.07) is 12.0. The minimum atomic E-state index is -0.105. The van der Waals surface area contributed by atoms with E-state index in [1.807, 2.05) is 41.2 Å². The van der Waals surface area contributed by atoms with Gasteiger partial charge in [-0.1, -0.05) is 71.9 Å². The second kappa shape index (κ2) is 7.68. The second-order valence-electron chi connectivity index (χ2n) is 9.75. The van der Waals surface area contributed by atoms with Gasteiger partial charge in [-0.15, -0.1) is 10.2 Å². The third-order valence-corrected chi connectivity index (χ3v) is 4.96. The third-order valence-electron chi connectivity index (χ3n) is 4.96. The van der Waals surface area contributed by atoms with Crippen molar-refractivity contribution < 1.29 is 0 Å². The Bertz CT molecular complexity index is 1160. The number of rotatable bonds is 4. The smallest absolute Gasteiger partial charge is 0.205 e. The van der Waals surface area contributed by atoms with Gasteiger partial charge in [0.2, 0.25) is 5.82 Å². The van der Waals surface area contributed by atoms with Crippen LogP contribution in [-0.2, 0) is 17.4 Å². The highest BCUT2D eigenvalue weighted by atomic mass is 15.5. The van der Waals surface area contributed by atoms with Gasteiger partial charge in [0.1, 0.15) is 5.82 Å². The van der Waals surface area contributed by atoms with Crippen LogP contribution in [0.4, 0.5) is 0 Å². The summed E-state index contributed by atoms with van der Waals surface area (Å²) in [5, 5.41) is 19.2. The first-order chi connectivity index (χ1) is 14.6. The lowest BCUT2D eigenvalue weighted by molar-refractivity contribution is 0.489. The maximum absolute atomic E-state index is 4.86. The topological polar surface area (TPSA) is 98.1 Å². The van der Waals surface area contributed by atoms with Crippen LogP contribution < -0.4 is 0 Å². The molecular weight excluding hydrogens is 388 g/mol. The maximum Gasteiger partial charge on any atom is 0.205 e. The average Bonchev–Trinajstić information content (AvgIpc) is 3.38. The van der Waals surface area contributed by atoms with Gasteiger partial charge in [0.15, 0.2) is 5.82 Å². The Morgan fingerprint density at radius 1 is 0.903 bits per heavy atom. The second-order valence-corrected chi connectivity index (χ2v) is 9.75. The van der Waals surface area contributed by atoms with E-state index in [0.29, 0.717) is 12.4 Å². The van der Waals surface area contributed by atoms with Gasteiger partial charge in [0.25, 0.3) is 0 Å². The molecular formula is C23H28N8. The lowest BCUT2D eigenvalue weighted by Gasteiger charge is -2.18. The molecule has 8 heteroatoms. The number of hydrogen-bond donors (Lipinski definition) is 1. The molecule has 8 nitrogen and oxygen atoms in total. The molecule has 0 saturated heterocycles. The Morgan fingerprint density at radius 2 is 1.65 bits per heavy atom. The van der Waals surface area contributed by atoms with Gasteiger partial charge in [-0.25, -0.2) is 9.67 Å². The molecule has 3 aromatic heterocycles. The van der Waals surface area contributed by atoms with Gasteiger partial charge >= 0.3 is 0 Å². The van der Waals surface area contributed by atoms with Crippen LogP contribution in [0.2, 0.25) is 0 Å². The first-order valence-electron chi connectivity index (χ1n) is 10.4. The van der Waals surface area contributed by atoms with E-state index in [9.17, 15) is 0 Å². The molecule has 0 radical (unpaired) electrons. The summed E-state index contributed by atoms with van der Waals surface area (Å²) >= 11 is 0. The van der Waals surface area contributed by atoms with E-state index in [2.05, 4.69) is 68.2 Å². The number of benzene rings is 1. The van der Waals surface area contributed by atoms with Crippen molar-refractivity contribution in [3.63, 3.8) is 0 Å². The Labute approximate surface area is 182 Å². The highest BCUT2D eigenvalue weighted by molar-refractivity contribution is 5.78. The highest BCUT2D eigenvalue weighted by Crippen LogP contribution is 2.29. The molecule has 0 unspecified atom stereocenters. The fourth-order valence-corrected chi connectivity index (χ4v) is 3.35. The molecule has 160 valence electrons. The summed E-state index contributed by atoms with van der Waals surface area (Å²) in [6.45, 7) is 13.5. The summed E-state index contributed by atoms with van der Waals surface area (Å²) in [6.07, 6.45) is 1.90. The summed E-state index contributed by atoms with van der Waals surface area (Å²) < 4.78 is 2.00. The van der Waals surface area contributed by atoms with Crippen molar-refractivity contribution in [1.82, 2.24) is 40.4 Å². The molecule has 0 bridgehead atoms. The number of pyridine rings is 1. The SMILES string of the molecule is CC(C)(C)c1nc(C(C)(C)C)n(Cc2ccc(-c3ccccc3-c3nn[nH]n3)nc2)n1. The van der Waals surface area contributed by atoms with Gasteiger partial charge < -0.3 is 0 Å². The van der Waals surface area contributed by atoms with Gasteiger partial charge in [0, 0.05) is 28.2 Å². The zero-order chi connectivity index (χ0) is 22.2. The van der Waals surface area contributed by atoms with Crippen molar-refractivity contribution in [2.24, 2.45) is 0 Å². The molecule has 0 amide bonds. The van der Waals surface area contributed by atoms with Crippen molar-refractivity contribution in [2.75, 3.05) is 0 Å². The maximum atomic E-state index is 4.86. The molecule has 0 atom stereocenters. The molecule has 0 spiro atoms. The van der Waals surface area contributed by atoms with Gasteiger partial charge in [-0.05, 0) is 16.8 Å². The number of aromatic amines is 1. The predicted molar refractivity (Wildman–Crippen MR) is 119 cm³/mol. The lowest BCUT2D eigenvalue weighted by atomic mass is 9.94. The van der Waals surface area contributed by atoms with E-state index in [0.717, 1.165) is 34.0 Å². The molecule has 0 saturated carbocycles. The first kappa shape index (κ1) is 20.8. The van der Waals surface area contributed by atoms with Crippen molar-refractivity contribution in [1.29, 1.82) is 0 Å². The zero-order valence-corrected chi connectivity index (χ0v) is 18.9. The summed E-state index contributed by atoms with van der Waals surface area (Å²) in [4.78, 5) is 9.58. The number of aromatic nitrogens is 8. The minimum absolute atomic E-state index is 0.104. The van der Waals surface area contributed by atoms with Crippen LogP contribution in [-0.4, -0.2) is 40.4 Å². The Balaban J connectivity index is 1.65. The van der Waals surface area contributed by atoms with E-state index in [4.69, 9.17) is 15.1 Å². The predicted octanol–water partition coefficient (Wildman–Crippen LogP) is 4.16. The highest BCUT2D eigenvalue weighted by Gasteiger charge is 2.27. The molecule has 4 aromatic rings. The molecule has 1 N–H and O–H groups in total. The normalized spacial score (nSPS) is 12.3. The van der Waals surface area contributed by atoms with Crippen LogP contribution in [0.15, 0.2) is 42.6 Å². The van der Waals surface area contributed by atoms with E-state index in [1.54, 1.807) is 0 Å². The van der Waals surface area contributed by atoms with Crippen molar-refractivity contribution >= 4 is 0 Å². The van der Waals surface area contributed by atoms with Gasteiger partial charge in [-0.3, -0.25) is 4.98 Å². The number of nitrogens with one attached hydrogen (secondary N) is 1. The van der Waals surface area contributed by atoms with Crippen LogP contribution in [0.5, 0.6) is 0 Å². The Hall–Kier alpha value is -3.42. The average molecular weight is 417 g/mol. The molecule has 4 rings (SSSR count). The van der Waals surface area contributed by atoms with Gasteiger partial charge in [-0.2, -0.15) is 10.3 Å². The quantitative estimate of drug-likeness (QED) is 0.536. The van der Waals surface area contributed by atoms with Crippen LogP contribution in [0.3, 0.4) is 0 Å². The van der Waals surface area contributed by atoms with Crippen LogP contribution in [0.1, 0.15) is 58.8 Å². The molecule has 0 aliphatic carbocycles. The van der Waals surface area contributed by atoms with Crippen LogP contribution in [0.25, 0.3) is 22.6 Å². The van der Waals surface area contributed by atoms with E-state index >= 15 is 0 Å². The summed E-state index contributed by atoms with van der Waals surface area (Å²) in [5.74, 6) is 2.38. The summed E-state index contributed by atoms with van der Waals surface area (Å²) in [5.41, 5.74) is 3.56. The number of H-pyrrole nitrogens is 1. The summed E-state index contributed by atoms with van der Waals surface area (Å²) in [7, 11) is 0. The molecule has 0 fully saturated rings. The number of hydrogen-bond acceptors (Lipinski definition) is 6. The number of tetrazole rings is 1. The standard InChI is InChI=1S/C23H28N8/c1-22(2,3)20-25-21(23(4,5)6)31(28-20)14-15-11-12-18(24-13-15)16-9-7-8-10-17(16)19-26-29-30-27-19/h7-13H,14H2,1-6H3,(H,26,27,29,30). The van der Waals surface area contributed by atoms with E-state index in [-0.39, 0.29) is 10.8 Å². The molecule has 0 aliphatic rings. The zero-order valence-electron chi connectivity index (χ0n) is 18.9. The Kier molecular flexibility index (Phi) is 5.16. The third kappa shape index (κ3) is 4.38. The first-order valence-corrected chi connectivity index (χ1v) is 10.4. The Morgan fingerprint density at radius 3 is 2.23 bits per heavy atom. The lowest BCUT2D eigenvalue weighted by Crippen LogP contribution is -2.20. The molecule has 1 aromatic carbocycles. The monoisotopic (exact) mass is 416 g/mol. The fourth-order valence-electron chi connectivity index (χ4n) is 3.35. The van der Waals surface area contributed by atoms with Crippen molar-refractivity contribution in [2.45, 2.75) is 58.9 Å².